The third-order valence-corrected chi connectivity index (χ3v) is 2.80. The highest BCUT2D eigenvalue weighted by Gasteiger charge is 2.28. The fraction of sp³-hybridized carbons (Fsp3) is 0.417. The first-order valence-electron chi connectivity index (χ1n) is 5.86. The number of hydrogen-bond acceptors (Lipinski definition) is 4. The smallest absolute Gasteiger partial charge is 0.326 e. The fourth-order valence-electron chi connectivity index (χ4n) is 1.53. The summed E-state index contributed by atoms with van der Waals surface area (Å²) in [6, 6.07) is 1.71. The molecule has 0 aliphatic carbocycles. The number of carboxylic acid groups (broad SMARTS) is 1. The van der Waals surface area contributed by atoms with E-state index in [1.165, 1.54) is 26.0 Å². The first-order valence-corrected chi connectivity index (χ1v) is 6.24. The van der Waals surface area contributed by atoms with Gasteiger partial charge in [-0.05, 0) is 30.7 Å². The average Bonchev–Trinajstić information content (AvgIpc) is 2.79. The number of nitrogens with zero attached hydrogens (tertiary/aromatic N) is 1. The van der Waals surface area contributed by atoms with Crippen LogP contribution < -0.4 is 5.32 Å². The molecule has 20 heavy (non-hydrogen) atoms. The van der Waals surface area contributed by atoms with E-state index in [2.05, 4.69) is 5.32 Å². The minimum Gasteiger partial charge on any atom is -0.480 e. The number of rotatable bonds is 6. The predicted molar refractivity (Wildman–Crippen MR) is 70.5 cm³/mol. The largest absolute Gasteiger partial charge is 0.480 e. The van der Waals surface area contributed by atoms with Gasteiger partial charge in [-0.25, -0.2) is 4.79 Å². The van der Waals surface area contributed by atoms with E-state index in [0.717, 1.165) is 4.90 Å². The Morgan fingerprint density at radius 3 is 2.55 bits per heavy atom. The molecule has 0 bridgehead atoms. The number of aliphatic carboxylic acids is 1. The highest BCUT2D eigenvalue weighted by atomic mass is 35.5. The number of amides is 2. The van der Waals surface area contributed by atoms with Crippen LogP contribution in [0, 0.1) is 0 Å². The molecule has 2 amide bonds. The van der Waals surface area contributed by atoms with Crippen molar-refractivity contribution >= 4 is 29.4 Å². The van der Waals surface area contributed by atoms with Gasteiger partial charge in [-0.2, -0.15) is 0 Å². The Morgan fingerprint density at radius 2 is 2.10 bits per heavy atom. The molecule has 1 aromatic rings. The Labute approximate surface area is 120 Å². The Bertz CT molecular complexity index is 514. The molecule has 1 unspecified atom stereocenters. The molecule has 2 N–H and O–H groups in total. The molecule has 0 fully saturated rings. The second kappa shape index (κ2) is 6.95. The molecule has 0 radical (unpaired) electrons. The van der Waals surface area contributed by atoms with Crippen molar-refractivity contribution in [3.63, 3.8) is 0 Å². The topological polar surface area (TPSA) is 99.9 Å². The van der Waals surface area contributed by atoms with Crippen LogP contribution in [-0.4, -0.2) is 46.9 Å². The van der Waals surface area contributed by atoms with Gasteiger partial charge in [0.15, 0.2) is 11.0 Å². The number of hydrogen-bond donors (Lipinski definition) is 2. The van der Waals surface area contributed by atoms with E-state index < -0.39 is 17.9 Å². The van der Waals surface area contributed by atoms with Crippen LogP contribution in [0.2, 0.25) is 5.22 Å². The van der Waals surface area contributed by atoms with E-state index in [4.69, 9.17) is 21.1 Å². The van der Waals surface area contributed by atoms with Crippen LogP contribution in [0.15, 0.2) is 16.5 Å². The standard InChI is InChI=1S/C12H15ClN2O5/c1-7(12(18)19)15(6-5-14-8(2)16)11(17)9-3-4-10(13)20-9/h3-4,7H,5-6H2,1-2H3,(H,14,16)(H,18,19). The van der Waals surface area contributed by atoms with E-state index in [-0.39, 0.29) is 30.0 Å². The average molecular weight is 303 g/mol. The van der Waals surface area contributed by atoms with Crippen molar-refractivity contribution in [2.24, 2.45) is 0 Å². The van der Waals surface area contributed by atoms with Crippen molar-refractivity contribution in [2.45, 2.75) is 19.9 Å². The van der Waals surface area contributed by atoms with E-state index in [1.807, 2.05) is 0 Å². The van der Waals surface area contributed by atoms with Crippen LogP contribution in [0.5, 0.6) is 0 Å². The summed E-state index contributed by atoms with van der Waals surface area (Å²) in [7, 11) is 0. The molecule has 1 rings (SSSR count). The molecule has 0 saturated carbocycles. The summed E-state index contributed by atoms with van der Waals surface area (Å²) in [5.41, 5.74) is 0. The molecular formula is C12H15ClN2O5. The van der Waals surface area contributed by atoms with Gasteiger partial charge in [0, 0.05) is 20.0 Å². The summed E-state index contributed by atoms with van der Waals surface area (Å²) in [5, 5.41) is 11.6. The van der Waals surface area contributed by atoms with Crippen LogP contribution in [0.3, 0.4) is 0 Å². The zero-order valence-corrected chi connectivity index (χ0v) is 11.8. The lowest BCUT2D eigenvalue weighted by molar-refractivity contribution is -0.141. The van der Waals surface area contributed by atoms with Gasteiger partial charge in [0.1, 0.15) is 6.04 Å². The Balaban J connectivity index is 2.83. The molecule has 1 aromatic heterocycles. The quantitative estimate of drug-likeness (QED) is 0.816. The van der Waals surface area contributed by atoms with Crippen molar-refractivity contribution in [1.29, 1.82) is 0 Å². The number of nitrogens with one attached hydrogen (secondary N) is 1. The van der Waals surface area contributed by atoms with E-state index >= 15 is 0 Å². The molecule has 0 spiro atoms. The molecule has 0 saturated heterocycles. The Hall–Kier alpha value is -2.02. The van der Waals surface area contributed by atoms with E-state index in [0.29, 0.717) is 0 Å². The summed E-state index contributed by atoms with van der Waals surface area (Å²) >= 11 is 5.59. The maximum absolute atomic E-state index is 12.2. The van der Waals surface area contributed by atoms with Gasteiger partial charge in [0.05, 0.1) is 0 Å². The molecule has 0 aliphatic heterocycles. The van der Waals surface area contributed by atoms with Gasteiger partial charge >= 0.3 is 5.97 Å². The normalized spacial score (nSPS) is 11.8. The van der Waals surface area contributed by atoms with Crippen molar-refractivity contribution in [3.05, 3.63) is 23.1 Å². The second-order valence-corrected chi connectivity index (χ2v) is 4.47. The maximum atomic E-state index is 12.2. The lowest BCUT2D eigenvalue weighted by Gasteiger charge is -2.25. The molecule has 1 atom stereocenters. The fourth-order valence-corrected chi connectivity index (χ4v) is 1.67. The highest BCUT2D eigenvalue weighted by molar-refractivity contribution is 6.29. The molecule has 0 aliphatic rings. The minimum absolute atomic E-state index is 0.0399. The van der Waals surface area contributed by atoms with Crippen LogP contribution in [0.1, 0.15) is 24.4 Å². The summed E-state index contributed by atoms with van der Waals surface area (Å²) < 4.78 is 4.98. The predicted octanol–water partition coefficient (Wildman–Crippen LogP) is 0.984. The molecular weight excluding hydrogens is 288 g/mol. The maximum Gasteiger partial charge on any atom is 0.326 e. The first kappa shape index (κ1) is 16.0. The third-order valence-electron chi connectivity index (χ3n) is 2.60. The summed E-state index contributed by atoms with van der Waals surface area (Å²) in [6.45, 7) is 2.90. The minimum atomic E-state index is -1.15. The summed E-state index contributed by atoms with van der Waals surface area (Å²) in [4.78, 5) is 35.1. The summed E-state index contributed by atoms with van der Waals surface area (Å²) in [6.07, 6.45) is 0. The van der Waals surface area contributed by atoms with Crippen LogP contribution in [0.25, 0.3) is 0 Å². The van der Waals surface area contributed by atoms with Crippen LogP contribution in [0.4, 0.5) is 0 Å². The summed E-state index contributed by atoms with van der Waals surface area (Å²) in [5.74, 6) is -2.07. The van der Waals surface area contributed by atoms with Gasteiger partial charge in [-0.3, -0.25) is 9.59 Å². The molecule has 8 heteroatoms. The van der Waals surface area contributed by atoms with Crippen molar-refractivity contribution in [1.82, 2.24) is 10.2 Å². The third kappa shape index (κ3) is 4.27. The zero-order chi connectivity index (χ0) is 15.3. The number of furan rings is 1. The Kier molecular flexibility index (Phi) is 5.57. The van der Waals surface area contributed by atoms with Gasteiger partial charge < -0.3 is 19.7 Å². The van der Waals surface area contributed by atoms with Crippen molar-refractivity contribution in [2.75, 3.05) is 13.1 Å². The number of carboxylic acids is 1. The van der Waals surface area contributed by atoms with Gasteiger partial charge in [0.25, 0.3) is 5.91 Å². The van der Waals surface area contributed by atoms with Crippen molar-refractivity contribution < 1.29 is 23.9 Å². The van der Waals surface area contributed by atoms with E-state index in [1.54, 1.807) is 0 Å². The zero-order valence-electron chi connectivity index (χ0n) is 11.1. The highest BCUT2D eigenvalue weighted by Crippen LogP contribution is 2.16. The van der Waals surface area contributed by atoms with E-state index in [9.17, 15) is 14.4 Å². The number of carbonyl (C=O) groups is 3. The SMILES string of the molecule is CC(=O)NCCN(C(=O)c1ccc(Cl)o1)C(C)C(=O)O. The molecule has 1 heterocycles. The Morgan fingerprint density at radius 1 is 1.45 bits per heavy atom. The van der Waals surface area contributed by atoms with Gasteiger partial charge in [0.2, 0.25) is 5.91 Å². The van der Waals surface area contributed by atoms with Crippen LogP contribution in [-0.2, 0) is 9.59 Å². The number of carbonyl (C=O) groups excluding carboxylic acids is 2. The van der Waals surface area contributed by atoms with Gasteiger partial charge in [-0.15, -0.1) is 0 Å². The second-order valence-electron chi connectivity index (χ2n) is 4.10. The first-order chi connectivity index (χ1) is 9.32. The molecule has 110 valence electrons. The van der Waals surface area contributed by atoms with Crippen LogP contribution >= 0.6 is 11.6 Å². The lowest BCUT2D eigenvalue weighted by atomic mass is 10.2. The molecule has 0 aromatic carbocycles. The molecule has 7 nitrogen and oxygen atoms in total. The van der Waals surface area contributed by atoms with Crippen molar-refractivity contribution in [3.8, 4) is 0 Å². The number of halogens is 1. The monoisotopic (exact) mass is 302 g/mol. The van der Waals surface area contributed by atoms with Gasteiger partial charge in [-0.1, -0.05) is 0 Å². The lowest BCUT2D eigenvalue weighted by Crippen LogP contribution is -2.46.